The molecule has 6 rings (SSSR count). The van der Waals surface area contributed by atoms with Crippen LogP contribution in [0.5, 0.6) is 5.75 Å². The molecule has 11 heteroatoms. The van der Waals surface area contributed by atoms with Crippen LogP contribution in [0.1, 0.15) is 45.4 Å². The SMILES string of the molecule is COc1ccc(C2CC(c3cccs3)=NN2C(=O)CSc2nnc(CNC(=O)Cc3ccccc3)n2-c2cccc(C)c2C)cc1. The second-order valence-electron chi connectivity index (χ2n) is 10.9. The number of carbonyl (C=O) groups is 2. The summed E-state index contributed by atoms with van der Waals surface area (Å²) in [5, 5.41) is 20.9. The van der Waals surface area contributed by atoms with Gasteiger partial charge in [0.05, 0.1) is 48.1 Å². The summed E-state index contributed by atoms with van der Waals surface area (Å²) in [6, 6.07) is 27.2. The van der Waals surface area contributed by atoms with E-state index >= 15 is 0 Å². The Morgan fingerprint density at radius 3 is 2.52 bits per heavy atom. The fraction of sp³-hybridized carbons (Fsp3) is 0.229. The summed E-state index contributed by atoms with van der Waals surface area (Å²) in [6.45, 7) is 4.30. The molecule has 1 atom stereocenters. The van der Waals surface area contributed by atoms with Crippen LogP contribution in [-0.4, -0.2) is 50.2 Å². The second-order valence-corrected chi connectivity index (χ2v) is 12.8. The van der Waals surface area contributed by atoms with Gasteiger partial charge in [0.2, 0.25) is 5.91 Å². The summed E-state index contributed by atoms with van der Waals surface area (Å²) in [6.07, 6.45) is 0.891. The topological polar surface area (TPSA) is 102 Å². The summed E-state index contributed by atoms with van der Waals surface area (Å²) in [5.74, 6) is 1.21. The van der Waals surface area contributed by atoms with Crippen LogP contribution in [0.2, 0.25) is 0 Å². The molecular formula is C35H34N6O3S2. The molecule has 0 saturated heterocycles. The number of rotatable bonds is 11. The smallest absolute Gasteiger partial charge is 0.253 e. The van der Waals surface area contributed by atoms with E-state index in [4.69, 9.17) is 9.84 Å². The lowest BCUT2D eigenvalue weighted by Crippen LogP contribution is -2.28. The first-order valence-electron chi connectivity index (χ1n) is 14.9. The molecule has 2 aromatic heterocycles. The van der Waals surface area contributed by atoms with E-state index in [-0.39, 0.29) is 36.6 Å². The van der Waals surface area contributed by atoms with Gasteiger partial charge in [-0.1, -0.05) is 72.4 Å². The number of methoxy groups -OCH3 is 1. The molecule has 0 aliphatic carbocycles. The number of nitrogens with one attached hydrogen (secondary N) is 1. The highest BCUT2D eigenvalue weighted by Gasteiger charge is 2.34. The Morgan fingerprint density at radius 1 is 0.978 bits per heavy atom. The summed E-state index contributed by atoms with van der Waals surface area (Å²) in [4.78, 5) is 27.7. The third-order valence-corrected chi connectivity index (χ3v) is 9.80. The van der Waals surface area contributed by atoms with E-state index in [0.717, 1.165) is 44.3 Å². The number of aryl methyl sites for hydroxylation is 1. The van der Waals surface area contributed by atoms with E-state index in [9.17, 15) is 9.59 Å². The van der Waals surface area contributed by atoms with Crippen molar-refractivity contribution < 1.29 is 14.3 Å². The largest absolute Gasteiger partial charge is 0.497 e. The van der Waals surface area contributed by atoms with Crippen molar-refractivity contribution in [1.82, 2.24) is 25.1 Å². The number of amides is 2. The molecule has 9 nitrogen and oxygen atoms in total. The number of hydrogen-bond acceptors (Lipinski definition) is 8. The minimum atomic E-state index is -0.233. The molecule has 1 aliphatic heterocycles. The highest BCUT2D eigenvalue weighted by atomic mass is 32.2. The predicted molar refractivity (Wildman–Crippen MR) is 182 cm³/mol. The molecule has 1 unspecified atom stereocenters. The number of ether oxygens (including phenoxy) is 1. The average molecular weight is 651 g/mol. The zero-order chi connectivity index (χ0) is 32.0. The number of aromatic nitrogens is 3. The van der Waals surface area contributed by atoms with Gasteiger partial charge in [0.15, 0.2) is 11.0 Å². The number of hydrogen-bond donors (Lipinski definition) is 1. The molecule has 3 aromatic carbocycles. The van der Waals surface area contributed by atoms with Crippen LogP contribution in [0.3, 0.4) is 0 Å². The van der Waals surface area contributed by atoms with E-state index in [1.165, 1.54) is 11.8 Å². The zero-order valence-corrected chi connectivity index (χ0v) is 27.5. The Morgan fingerprint density at radius 2 is 1.78 bits per heavy atom. The molecule has 46 heavy (non-hydrogen) atoms. The number of benzene rings is 3. The van der Waals surface area contributed by atoms with Crippen LogP contribution in [0.4, 0.5) is 0 Å². The van der Waals surface area contributed by atoms with E-state index in [1.807, 2.05) is 95.7 Å². The normalized spacial score (nSPS) is 14.3. The lowest BCUT2D eigenvalue weighted by atomic mass is 10.0. The first kappa shape index (κ1) is 31.3. The van der Waals surface area contributed by atoms with Gasteiger partial charge < -0.3 is 10.1 Å². The molecule has 0 spiro atoms. The number of carbonyl (C=O) groups excluding carboxylic acids is 2. The van der Waals surface area contributed by atoms with E-state index in [0.29, 0.717) is 17.4 Å². The summed E-state index contributed by atoms with van der Waals surface area (Å²) in [5.41, 5.74) is 5.90. The fourth-order valence-corrected chi connectivity index (χ4v) is 6.90. The van der Waals surface area contributed by atoms with E-state index < -0.39 is 0 Å². The number of hydrazone groups is 1. The van der Waals surface area contributed by atoms with E-state index in [2.05, 4.69) is 28.5 Å². The van der Waals surface area contributed by atoms with Gasteiger partial charge in [0, 0.05) is 6.42 Å². The van der Waals surface area contributed by atoms with Gasteiger partial charge in [-0.05, 0) is 65.7 Å². The molecule has 5 aromatic rings. The van der Waals surface area contributed by atoms with Crippen LogP contribution < -0.4 is 10.1 Å². The maximum Gasteiger partial charge on any atom is 0.253 e. The van der Waals surface area contributed by atoms with Gasteiger partial charge in [-0.15, -0.1) is 21.5 Å². The Labute approximate surface area is 276 Å². The predicted octanol–water partition coefficient (Wildman–Crippen LogP) is 6.28. The van der Waals surface area contributed by atoms with Crippen LogP contribution >= 0.6 is 23.1 Å². The summed E-state index contributed by atoms with van der Waals surface area (Å²) in [7, 11) is 1.64. The van der Waals surface area contributed by atoms with Gasteiger partial charge in [-0.3, -0.25) is 14.2 Å². The molecule has 3 heterocycles. The molecule has 234 valence electrons. The lowest BCUT2D eigenvalue weighted by molar-refractivity contribution is -0.130. The van der Waals surface area contributed by atoms with Crippen LogP contribution in [0.25, 0.3) is 5.69 Å². The molecule has 0 radical (unpaired) electrons. The summed E-state index contributed by atoms with van der Waals surface area (Å²) >= 11 is 2.92. The molecule has 0 saturated carbocycles. The van der Waals surface area contributed by atoms with Crippen LogP contribution in [0, 0.1) is 13.8 Å². The first-order valence-corrected chi connectivity index (χ1v) is 16.8. The fourth-order valence-electron chi connectivity index (χ4n) is 5.36. The Kier molecular flexibility index (Phi) is 9.60. The minimum absolute atomic E-state index is 0.107. The highest BCUT2D eigenvalue weighted by molar-refractivity contribution is 7.99. The van der Waals surface area contributed by atoms with Crippen molar-refractivity contribution in [3.8, 4) is 11.4 Å². The Hall–Kier alpha value is -4.74. The summed E-state index contributed by atoms with van der Waals surface area (Å²) < 4.78 is 7.29. The van der Waals surface area contributed by atoms with Gasteiger partial charge in [0.25, 0.3) is 5.91 Å². The Bertz CT molecular complexity index is 1850. The Balaban J connectivity index is 1.23. The quantitative estimate of drug-likeness (QED) is 0.169. The average Bonchev–Trinajstić information content (AvgIpc) is 3.85. The van der Waals surface area contributed by atoms with Gasteiger partial charge >= 0.3 is 0 Å². The maximum absolute atomic E-state index is 13.9. The lowest BCUT2D eigenvalue weighted by Gasteiger charge is -2.22. The molecule has 0 bridgehead atoms. The molecule has 1 aliphatic rings. The number of thioether (sulfide) groups is 1. The van der Waals surface area contributed by atoms with E-state index in [1.54, 1.807) is 23.5 Å². The van der Waals surface area contributed by atoms with Crippen molar-refractivity contribution in [2.75, 3.05) is 12.9 Å². The molecule has 0 fully saturated rings. The molecule has 1 N–H and O–H groups in total. The number of thiophene rings is 1. The number of nitrogens with zero attached hydrogens (tertiary/aromatic N) is 5. The van der Waals surface area contributed by atoms with Crippen molar-refractivity contribution in [3.05, 3.63) is 123 Å². The van der Waals surface area contributed by atoms with Crippen molar-refractivity contribution >= 4 is 40.6 Å². The molecule has 2 amide bonds. The minimum Gasteiger partial charge on any atom is -0.497 e. The van der Waals surface area contributed by atoms with Crippen molar-refractivity contribution in [2.45, 2.75) is 44.4 Å². The highest BCUT2D eigenvalue weighted by Crippen LogP contribution is 2.35. The third kappa shape index (κ3) is 6.90. The standard InChI is InChI=1S/C35H34N6O3S2/c1-23-9-7-12-29(24(23)2)40-32(21-36-33(42)19-25-10-5-4-6-11-25)37-38-35(40)46-22-34(43)41-30(26-14-16-27(44-3)17-15-26)20-28(39-41)31-13-8-18-45-31/h4-18,30H,19-22H2,1-3H3,(H,36,42). The van der Waals surface area contributed by atoms with Crippen molar-refractivity contribution in [3.63, 3.8) is 0 Å². The first-order chi connectivity index (χ1) is 22.4. The zero-order valence-electron chi connectivity index (χ0n) is 25.8. The monoisotopic (exact) mass is 650 g/mol. The van der Waals surface area contributed by atoms with Crippen molar-refractivity contribution in [2.24, 2.45) is 5.10 Å². The van der Waals surface area contributed by atoms with Gasteiger partial charge in [-0.2, -0.15) is 5.10 Å². The van der Waals surface area contributed by atoms with Crippen LogP contribution in [0.15, 0.2) is 101 Å². The van der Waals surface area contributed by atoms with Gasteiger partial charge in [-0.25, -0.2) is 5.01 Å². The van der Waals surface area contributed by atoms with Crippen molar-refractivity contribution in [1.29, 1.82) is 0 Å². The second kappa shape index (κ2) is 14.1. The van der Waals surface area contributed by atoms with Gasteiger partial charge in [0.1, 0.15) is 5.75 Å². The maximum atomic E-state index is 13.9. The molecular weight excluding hydrogens is 617 g/mol. The van der Waals surface area contributed by atoms with Crippen LogP contribution in [-0.2, 0) is 22.6 Å². The third-order valence-electron chi connectivity index (χ3n) is 7.97.